The largest absolute Gasteiger partial charge is 0.461 e. The Morgan fingerprint density at radius 3 is 2.83 bits per heavy atom. The van der Waals surface area contributed by atoms with Crippen molar-refractivity contribution in [1.82, 2.24) is 14.9 Å². The standard InChI is InChI=1S/C25H27ClFN5O3/c1-32(2)11-3-6-23(33)28-16-8-10-22-19(13-16)24(29-17-7-9-21(27)20(26)14-17)31-25(30-22)35-15-18-5-4-12-34-18/h3,6-10,13-14,18H,4-5,11-12,15H2,1-2H3,(H,28,33)(H,29,30,31)/t18-/m1/s1. The maximum Gasteiger partial charge on any atom is 0.319 e. The molecule has 1 aromatic heterocycles. The van der Waals surface area contributed by atoms with Gasteiger partial charge in [0.2, 0.25) is 5.91 Å². The summed E-state index contributed by atoms with van der Waals surface area (Å²) in [6.07, 6.45) is 5.22. The van der Waals surface area contributed by atoms with Crippen LogP contribution in [0.1, 0.15) is 12.8 Å². The zero-order valence-corrected chi connectivity index (χ0v) is 20.3. The van der Waals surface area contributed by atoms with Gasteiger partial charge in [0.1, 0.15) is 18.2 Å². The average molecular weight is 500 g/mol. The molecule has 35 heavy (non-hydrogen) atoms. The smallest absolute Gasteiger partial charge is 0.319 e. The van der Waals surface area contributed by atoms with Crippen molar-refractivity contribution in [3.63, 3.8) is 0 Å². The third-order valence-electron chi connectivity index (χ3n) is 5.29. The highest BCUT2D eigenvalue weighted by atomic mass is 35.5. The minimum absolute atomic E-state index is 0.0133. The number of amides is 1. The zero-order chi connectivity index (χ0) is 24.8. The van der Waals surface area contributed by atoms with E-state index in [1.54, 1.807) is 30.3 Å². The van der Waals surface area contributed by atoms with E-state index in [9.17, 15) is 9.18 Å². The minimum Gasteiger partial charge on any atom is -0.461 e. The lowest BCUT2D eigenvalue weighted by Gasteiger charge is -2.14. The Hall–Kier alpha value is -3.27. The van der Waals surface area contributed by atoms with E-state index in [1.807, 2.05) is 19.0 Å². The Morgan fingerprint density at radius 1 is 1.26 bits per heavy atom. The molecule has 0 aliphatic carbocycles. The second kappa shape index (κ2) is 11.4. The van der Waals surface area contributed by atoms with Crippen molar-refractivity contribution in [2.75, 3.05) is 44.5 Å². The van der Waals surface area contributed by atoms with Gasteiger partial charge in [-0.2, -0.15) is 9.97 Å². The summed E-state index contributed by atoms with van der Waals surface area (Å²) < 4.78 is 25.1. The molecule has 1 atom stereocenters. The van der Waals surface area contributed by atoms with Crippen molar-refractivity contribution in [3.8, 4) is 6.01 Å². The van der Waals surface area contributed by atoms with Crippen LogP contribution in [0.25, 0.3) is 10.9 Å². The van der Waals surface area contributed by atoms with Gasteiger partial charge in [-0.15, -0.1) is 0 Å². The fraction of sp³-hybridized carbons (Fsp3) is 0.320. The molecular formula is C25H27ClFN5O3. The molecule has 8 nitrogen and oxygen atoms in total. The molecule has 0 bridgehead atoms. The predicted molar refractivity (Wildman–Crippen MR) is 135 cm³/mol. The first kappa shape index (κ1) is 24.8. The number of benzene rings is 2. The Balaban J connectivity index is 1.62. The van der Waals surface area contributed by atoms with Crippen LogP contribution in [0.3, 0.4) is 0 Å². The Labute approximate surface area is 208 Å². The highest BCUT2D eigenvalue weighted by Crippen LogP contribution is 2.30. The van der Waals surface area contributed by atoms with Crippen LogP contribution in [-0.2, 0) is 9.53 Å². The number of carbonyl (C=O) groups is 1. The maximum atomic E-state index is 13.6. The van der Waals surface area contributed by atoms with Crippen molar-refractivity contribution < 1.29 is 18.7 Å². The van der Waals surface area contributed by atoms with E-state index in [0.717, 1.165) is 19.4 Å². The second-order valence-electron chi connectivity index (χ2n) is 8.44. The molecule has 10 heteroatoms. The van der Waals surface area contributed by atoms with Crippen LogP contribution < -0.4 is 15.4 Å². The third kappa shape index (κ3) is 6.88. The molecule has 1 aliphatic rings. The molecule has 184 valence electrons. The topological polar surface area (TPSA) is 88.6 Å². The van der Waals surface area contributed by atoms with Crippen molar-refractivity contribution in [3.05, 3.63) is 59.4 Å². The average Bonchev–Trinajstić information content (AvgIpc) is 3.34. The molecule has 2 heterocycles. The van der Waals surface area contributed by atoms with Gasteiger partial charge < -0.3 is 25.0 Å². The number of halogens is 2. The number of likely N-dealkylation sites (N-methyl/N-ethyl adjacent to an activating group) is 1. The first-order chi connectivity index (χ1) is 16.9. The number of hydrogen-bond acceptors (Lipinski definition) is 7. The highest BCUT2D eigenvalue weighted by Gasteiger charge is 2.18. The van der Waals surface area contributed by atoms with Crippen LogP contribution in [0.5, 0.6) is 6.01 Å². The minimum atomic E-state index is -0.516. The number of aromatic nitrogens is 2. The van der Waals surface area contributed by atoms with E-state index < -0.39 is 5.82 Å². The van der Waals surface area contributed by atoms with Gasteiger partial charge in [-0.1, -0.05) is 17.7 Å². The summed E-state index contributed by atoms with van der Waals surface area (Å²) in [6, 6.07) is 9.79. The third-order valence-corrected chi connectivity index (χ3v) is 5.58. The van der Waals surface area contributed by atoms with E-state index in [-0.39, 0.29) is 23.0 Å². The first-order valence-electron chi connectivity index (χ1n) is 11.3. The Bertz CT molecular complexity index is 1230. The van der Waals surface area contributed by atoms with Crippen molar-refractivity contribution in [2.45, 2.75) is 18.9 Å². The van der Waals surface area contributed by atoms with Gasteiger partial charge in [0.15, 0.2) is 0 Å². The molecule has 0 radical (unpaired) electrons. The van der Waals surface area contributed by atoms with Crippen molar-refractivity contribution in [1.29, 1.82) is 0 Å². The molecule has 2 N–H and O–H groups in total. The molecule has 1 amide bonds. The maximum absolute atomic E-state index is 13.6. The van der Waals surface area contributed by atoms with E-state index in [4.69, 9.17) is 21.1 Å². The summed E-state index contributed by atoms with van der Waals surface area (Å²) in [5.74, 6) is -0.333. The lowest BCUT2D eigenvalue weighted by Crippen LogP contribution is -2.17. The van der Waals surface area contributed by atoms with Crippen molar-refractivity contribution >= 4 is 45.6 Å². The van der Waals surface area contributed by atoms with E-state index in [1.165, 1.54) is 18.2 Å². The summed E-state index contributed by atoms with van der Waals surface area (Å²) in [5, 5.41) is 6.64. The molecule has 1 fully saturated rings. The number of nitrogens with zero attached hydrogens (tertiary/aromatic N) is 3. The predicted octanol–water partition coefficient (Wildman–Crippen LogP) is 4.78. The lowest BCUT2D eigenvalue weighted by atomic mass is 10.2. The monoisotopic (exact) mass is 499 g/mol. The van der Waals surface area contributed by atoms with E-state index in [2.05, 4.69) is 20.6 Å². The molecule has 2 aromatic carbocycles. The van der Waals surface area contributed by atoms with Crippen LogP contribution in [0.2, 0.25) is 5.02 Å². The van der Waals surface area contributed by atoms with Gasteiger partial charge in [-0.3, -0.25) is 4.79 Å². The number of carbonyl (C=O) groups excluding carboxylic acids is 1. The fourth-order valence-electron chi connectivity index (χ4n) is 3.55. The molecule has 0 saturated carbocycles. The number of ether oxygens (including phenoxy) is 2. The van der Waals surface area contributed by atoms with Crippen LogP contribution in [0.4, 0.5) is 21.6 Å². The summed E-state index contributed by atoms with van der Waals surface area (Å²) in [6.45, 7) is 1.73. The first-order valence-corrected chi connectivity index (χ1v) is 11.7. The normalized spacial score (nSPS) is 15.7. The van der Waals surface area contributed by atoms with E-state index in [0.29, 0.717) is 41.2 Å². The fourth-order valence-corrected chi connectivity index (χ4v) is 3.73. The van der Waals surface area contributed by atoms with Crippen LogP contribution in [-0.4, -0.2) is 60.7 Å². The SMILES string of the molecule is CN(C)CC=CC(=O)Nc1ccc2nc(OC[C@H]3CCCO3)nc(Nc3ccc(F)c(Cl)c3)c2c1. The molecule has 4 rings (SSSR count). The number of nitrogens with one attached hydrogen (secondary N) is 2. The van der Waals surface area contributed by atoms with Crippen LogP contribution in [0, 0.1) is 5.82 Å². The van der Waals surface area contributed by atoms with Gasteiger partial charge in [-0.25, -0.2) is 4.39 Å². The number of rotatable bonds is 9. The van der Waals surface area contributed by atoms with Gasteiger partial charge in [0.25, 0.3) is 0 Å². The quantitative estimate of drug-likeness (QED) is 0.409. The van der Waals surface area contributed by atoms with Gasteiger partial charge in [0.05, 0.1) is 16.6 Å². The summed E-state index contributed by atoms with van der Waals surface area (Å²) in [5.41, 5.74) is 1.73. The highest BCUT2D eigenvalue weighted by molar-refractivity contribution is 6.31. The molecule has 1 aliphatic heterocycles. The van der Waals surface area contributed by atoms with Gasteiger partial charge >= 0.3 is 6.01 Å². The van der Waals surface area contributed by atoms with Gasteiger partial charge in [0, 0.05) is 36.0 Å². The molecule has 0 unspecified atom stereocenters. The summed E-state index contributed by atoms with van der Waals surface area (Å²) in [4.78, 5) is 23.3. The second-order valence-corrected chi connectivity index (χ2v) is 8.85. The molecular weight excluding hydrogens is 473 g/mol. The van der Waals surface area contributed by atoms with Crippen LogP contribution in [0.15, 0.2) is 48.6 Å². The Kier molecular flexibility index (Phi) is 8.12. The number of anilines is 3. The van der Waals surface area contributed by atoms with Gasteiger partial charge in [-0.05, 0) is 63.3 Å². The molecule has 3 aromatic rings. The number of fused-ring (bicyclic) bond motifs is 1. The zero-order valence-electron chi connectivity index (χ0n) is 19.6. The molecule has 0 spiro atoms. The number of hydrogen-bond donors (Lipinski definition) is 2. The van der Waals surface area contributed by atoms with Crippen molar-refractivity contribution in [2.24, 2.45) is 0 Å². The lowest BCUT2D eigenvalue weighted by molar-refractivity contribution is -0.111. The Morgan fingerprint density at radius 2 is 2.09 bits per heavy atom. The van der Waals surface area contributed by atoms with E-state index >= 15 is 0 Å². The molecule has 1 saturated heterocycles. The van der Waals surface area contributed by atoms with Crippen LogP contribution >= 0.6 is 11.6 Å². The summed E-state index contributed by atoms with van der Waals surface area (Å²) >= 11 is 5.95. The summed E-state index contributed by atoms with van der Waals surface area (Å²) in [7, 11) is 3.85.